The zero-order chi connectivity index (χ0) is 21.1. The lowest BCUT2D eigenvalue weighted by molar-refractivity contribution is -0.180. The molecule has 1 aliphatic carbocycles. The Labute approximate surface area is 165 Å². The van der Waals surface area contributed by atoms with E-state index in [-0.39, 0.29) is 5.82 Å². The molecule has 4 rings (SSSR count). The topological polar surface area (TPSA) is 144 Å². The Morgan fingerprint density at radius 2 is 1.83 bits per heavy atom. The number of ether oxygens (including phenoxy) is 4. The lowest BCUT2D eigenvalue weighted by Crippen LogP contribution is -2.42. The van der Waals surface area contributed by atoms with Crippen LogP contribution in [0.25, 0.3) is 5.52 Å². The van der Waals surface area contributed by atoms with E-state index < -0.39 is 47.4 Å². The second-order valence-electron chi connectivity index (χ2n) is 7.25. The summed E-state index contributed by atoms with van der Waals surface area (Å²) in [5, 5.41) is 4.19. The quantitative estimate of drug-likeness (QED) is 0.558. The Balaban J connectivity index is 1.82. The van der Waals surface area contributed by atoms with Gasteiger partial charge in [-0.15, -0.1) is 0 Å². The Morgan fingerprint density at radius 3 is 2.45 bits per heavy atom. The summed E-state index contributed by atoms with van der Waals surface area (Å²) < 4.78 is 24.2. The lowest BCUT2D eigenvalue weighted by atomic mass is 10.0. The highest BCUT2D eigenvalue weighted by Gasteiger charge is 2.91. The van der Waals surface area contributed by atoms with Crippen molar-refractivity contribution >= 4 is 29.2 Å². The number of nitrogens with two attached hydrogens (primary N) is 1. The Bertz CT molecular complexity index is 1040. The molecule has 2 N–H and O–H groups in total. The minimum absolute atomic E-state index is 0.261. The van der Waals surface area contributed by atoms with Crippen LogP contribution in [0.2, 0.25) is 0 Å². The van der Waals surface area contributed by atoms with Crippen molar-refractivity contribution in [2.75, 3.05) is 5.73 Å². The molecule has 2 aromatic rings. The van der Waals surface area contributed by atoms with Crippen molar-refractivity contribution in [2.24, 2.45) is 0 Å². The van der Waals surface area contributed by atoms with Crippen LogP contribution in [0.3, 0.4) is 0 Å². The fourth-order valence-electron chi connectivity index (χ4n) is 4.23. The van der Waals surface area contributed by atoms with Crippen LogP contribution in [0.5, 0.6) is 0 Å². The summed E-state index contributed by atoms with van der Waals surface area (Å²) in [6.45, 7) is 5.32. The fourth-order valence-corrected chi connectivity index (χ4v) is 4.23. The normalized spacial score (nSPS) is 32.5. The second kappa shape index (κ2) is 6.14. The van der Waals surface area contributed by atoms with E-state index in [1.165, 1.54) is 31.6 Å². The molecule has 1 saturated heterocycles. The van der Waals surface area contributed by atoms with Gasteiger partial charge in [0.15, 0.2) is 23.6 Å². The molecule has 29 heavy (non-hydrogen) atoms. The number of carbonyl (C=O) groups excluding carboxylic acids is 3. The number of anilines is 1. The highest BCUT2D eigenvalue weighted by molar-refractivity contribution is 5.72. The highest BCUT2D eigenvalue weighted by Crippen LogP contribution is 2.67. The summed E-state index contributed by atoms with van der Waals surface area (Å²) in [5.74, 6) is -1.55. The van der Waals surface area contributed by atoms with Gasteiger partial charge in [0.1, 0.15) is 17.9 Å². The van der Waals surface area contributed by atoms with Gasteiger partial charge in [0.05, 0.1) is 5.69 Å². The average Bonchev–Trinajstić information content (AvgIpc) is 2.91. The maximum Gasteiger partial charge on any atom is 0.303 e. The zero-order valence-corrected chi connectivity index (χ0v) is 16.2. The zero-order valence-electron chi connectivity index (χ0n) is 16.2. The van der Waals surface area contributed by atoms with E-state index in [1.807, 2.05) is 0 Å². The number of hydrogen-bond donors (Lipinski definition) is 1. The van der Waals surface area contributed by atoms with Crippen LogP contribution in [-0.4, -0.2) is 55.9 Å². The number of esters is 3. The van der Waals surface area contributed by atoms with E-state index in [2.05, 4.69) is 10.1 Å². The first kappa shape index (κ1) is 19.1. The Kier molecular flexibility index (Phi) is 4.05. The second-order valence-corrected chi connectivity index (χ2v) is 7.25. The standard InChI is InChI=1S/C18H20N4O7/c1-8(23)26-14-13(11-5-6-12-15(19)20-7-21-22(11)12)29-17(4)16(27-9(2)24)18(14,17)28-10(3)25/h5-7,13-14,16H,1-4H3,(H2,19,20,21)/t13-,14-,16?,17+,18+/m0/s1. The Morgan fingerprint density at radius 1 is 1.14 bits per heavy atom. The summed E-state index contributed by atoms with van der Waals surface area (Å²) in [6, 6.07) is 3.41. The van der Waals surface area contributed by atoms with Crippen molar-refractivity contribution < 1.29 is 33.3 Å². The predicted octanol–water partition coefficient (Wildman–Crippen LogP) is 0.320. The van der Waals surface area contributed by atoms with Crippen molar-refractivity contribution in [3.05, 3.63) is 24.2 Å². The molecule has 0 aromatic carbocycles. The average molecular weight is 404 g/mol. The van der Waals surface area contributed by atoms with E-state index in [1.54, 1.807) is 19.1 Å². The number of aromatic nitrogens is 3. The summed E-state index contributed by atoms with van der Waals surface area (Å²) >= 11 is 0. The van der Waals surface area contributed by atoms with Gasteiger partial charge in [0.25, 0.3) is 0 Å². The van der Waals surface area contributed by atoms with Gasteiger partial charge in [-0.1, -0.05) is 0 Å². The van der Waals surface area contributed by atoms with Crippen molar-refractivity contribution in [1.29, 1.82) is 0 Å². The molecule has 0 amide bonds. The first-order valence-electron chi connectivity index (χ1n) is 8.91. The van der Waals surface area contributed by atoms with Crippen LogP contribution >= 0.6 is 0 Å². The molecule has 154 valence electrons. The molecule has 2 fully saturated rings. The van der Waals surface area contributed by atoms with E-state index in [4.69, 9.17) is 24.7 Å². The highest BCUT2D eigenvalue weighted by atomic mass is 16.7. The largest absolute Gasteiger partial charge is 0.455 e. The number of carbonyl (C=O) groups is 3. The van der Waals surface area contributed by atoms with Gasteiger partial charge in [-0.3, -0.25) is 14.4 Å². The van der Waals surface area contributed by atoms with Gasteiger partial charge in [0, 0.05) is 20.8 Å². The van der Waals surface area contributed by atoms with Crippen LogP contribution in [0.1, 0.15) is 39.5 Å². The first-order valence-corrected chi connectivity index (χ1v) is 8.91. The molecule has 2 aliphatic rings. The number of fused-ring (bicyclic) bond motifs is 2. The molecule has 1 unspecified atom stereocenters. The maximum atomic E-state index is 11.9. The van der Waals surface area contributed by atoms with Gasteiger partial charge in [0.2, 0.25) is 5.60 Å². The molecule has 11 heteroatoms. The third-order valence-electron chi connectivity index (χ3n) is 5.34. The first-order chi connectivity index (χ1) is 13.6. The smallest absolute Gasteiger partial charge is 0.303 e. The summed E-state index contributed by atoms with van der Waals surface area (Å²) in [5.41, 5.74) is 4.25. The lowest BCUT2D eigenvalue weighted by Gasteiger charge is -2.28. The van der Waals surface area contributed by atoms with Crippen LogP contribution in [0, 0.1) is 0 Å². The van der Waals surface area contributed by atoms with E-state index in [0.29, 0.717) is 11.2 Å². The molecule has 5 atom stereocenters. The predicted molar refractivity (Wildman–Crippen MR) is 95.2 cm³/mol. The van der Waals surface area contributed by atoms with Crippen molar-refractivity contribution in [3.63, 3.8) is 0 Å². The summed E-state index contributed by atoms with van der Waals surface area (Å²) in [6.07, 6.45) is -1.57. The molecular formula is C18H20N4O7. The molecule has 11 nitrogen and oxygen atoms in total. The molecule has 1 saturated carbocycles. The van der Waals surface area contributed by atoms with Crippen LogP contribution < -0.4 is 5.73 Å². The SMILES string of the molecule is CC(=O)OC1[C@@]2(C)O[C@@H](c3ccc4c(N)ncnn34)[C@H](OC(C)=O)[C@@]12OC(C)=O. The number of nitrogens with zero attached hydrogens (tertiary/aromatic N) is 3. The van der Waals surface area contributed by atoms with Crippen LogP contribution in [0.15, 0.2) is 18.5 Å². The van der Waals surface area contributed by atoms with Crippen molar-refractivity contribution in [2.45, 2.75) is 57.2 Å². The third-order valence-corrected chi connectivity index (χ3v) is 5.34. The number of nitrogen functional groups attached to an aromatic ring is 1. The Hall–Kier alpha value is -3.21. The maximum absolute atomic E-state index is 11.9. The van der Waals surface area contributed by atoms with Gasteiger partial charge < -0.3 is 24.7 Å². The van der Waals surface area contributed by atoms with Crippen LogP contribution in [0.4, 0.5) is 5.82 Å². The monoisotopic (exact) mass is 404 g/mol. The minimum Gasteiger partial charge on any atom is -0.455 e. The van der Waals surface area contributed by atoms with Crippen molar-refractivity contribution in [3.8, 4) is 0 Å². The van der Waals surface area contributed by atoms with Gasteiger partial charge in [-0.05, 0) is 19.1 Å². The van der Waals surface area contributed by atoms with E-state index in [9.17, 15) is 14.4 Å². The molecule has 0 bridgehead atoms. The van der Waals surface area contributed by atoms with Gasteiger partial charge >= 0.3 is 17.9 Å². The molecular weight excluding hydrogens is 384 g/mol. The van der Waals surface area contributed by atoms with Gasteiger partial charge in [-0.25, -0.2) is 9.50 Å². The summed E-state index contributed by atoms with van der Waals surface area (Å²) in [4.78, 5) is 39.3. The number of rotatable bonds is 4. The van der Waals surface area contributed by atoms with E-state index in [0.717, 1.165) is 0 Å². The molecule has 0 radical (unpaired) electrons. The molecule has 3 heterocycles. The number of hydrogen-bond acceptors (Lipinski definition) is 10. The van der Waals surface area contributed by atoms with Crippen molar-refractivity contribution in [1.82, 2.24) is 14.6 Å². The van der Waals surface area contributed by atoms with Gasteiger partial charge in [-0.2, -0.15) is 5.10 Å². The molecule has 2 aromatic heterocycles. The molecule has 1 aliphatic heterocycles. The third kappa shape index (κ3) is 2.57. The summed E-state index contributed by atoms with van der Waals surface area (Å²) in [7, 11) is 0. The minimum atomic E-state index is -1.48. The fraction of sp³-hybridized carbons (Fsp3) is 0.500. The molecule has 0 spiro atoms. The van der Waals surface area contributed by atoms with E-state index >= 15 is 0 Å². The van der Waals surface area contributed by atoms with Crippen LogP contribution in [-0.2, 0) is 33.3 Å².